The van der Waals surface area contributed by atoms with Gasteiger partial charge in [0.15, 0.2) is 6.04 Å². The molecule has 0 N–H and O–H groups in total. The summed E-state index contributed by atoms with van der Waals surface area (Å²) in [6.45, 7) is 0.470. The first-order chi connectivity index (χ1) is 9.74. The number of benzene rings is 1. The molecule has 4 atom stereocenters. The SMILES string of the molecule is N#C[C@@H]1N(Cc2ccccc2)C(=O)[C@H]2CC3C=CC21O3. The van der Waals surface area contributed by atoms with Crippen LogP contribution in [0.3, 0.4) is 0 Å². The lowest BCUT2D eigenvalue weighted by Gasteiger charge is -2.27. The van der Waals surface area contributed by atoms with E-state index in [1.807, 2.05) is 42.5 Å². The number of carbonyl (C=O) groups is 1. The zero-order chi connectivity index (χ0) is 13.7. The van der Waals surface area contributed by atoms with E-state index in [9.17, 15) is 10.1 Å². The molecule has 2 saturated heterocycles. The summed E-state index contributed by atoms with van der Waals surface area (Å²) in [7, 11) is 0. The third kappa shape index (κ3) is 1.36. The van der Waals surface area contributed by atoms with Gasteiger partial charge in [-0.15, -0.1) is 0 Å². The average molecular weight is 266 g/mol. The zero-order valence-electron chi connectivity index (χ0n) is 10.9. The van der Waals surface area contributed by atoms with Crippen LogP contribution in [0.25, 0.3) is 0 Å². The first-order valence-corrected chi connectivity index (χ1v) is 6.86. The van der Waals surface area contributed by atoms with Crippen LogP contribution < -0.4 is 0 Å². The Bertz CT molecular complexity index is 634. The smallest absolute Gasteiger partial charge is 0.230 e. The lowest BCUT2D eigenvalue weighted by molar-refractivity contribution is -0.132. The predicted molar refractivity (Wildman–Crippen MR) is 71.2 cm³/mol. The number of hydrogen-bond donors (Lipinski definition) is 0. The highest BCUT2D eigenvalue weighted by atomic mass is 16.5. The molecule has 1 aromatic carbocycles. The molecule has 2 fully saturated rings. The number of hydrogen-bond acceptors (Lipinski definition) is 3. The molecule has 3 aliphatic heterocycles. The number of amides is 1. The lowest BCUT2D eigenvalue weighted by Crippen LogP contribution is -2.43. The van der Waals surface area contributed by atoms with Gasteiger partial charge in [0.1, 0.15) is 5.60 Å². The minimum absolute atomic E-state index is 0.0127. The van der Waals surface area contributed by atoms with E-state index in [2.05, 4.69) is 6.07 Å². The summed E-state index contributed by atoms with van der Waals surface area (Å²) in [5.74, 6) is -0.141. The molecule has 4 nitrogen and oxygen atoms in total. The summed E-state index contributed by atoms with van der Waals surface area (Å²) >= 11 is 0. The molecule has 3 heterocycles. The fourth-order valence-electron chi connectivity index (χ4n) is 3.67. The van der Waals surface area contributed by atoms with Gasteiger partial charge in [0.25, 0.3) is 0 Å². The molecule has 0 saturated carbocycles. The highest BCUT2D eigenvalue weighted by Crippen LogP contribution is 2.51. The first-order valence-electron chi connectivity index (χ1n) is 6.86. The third-order valence-electron chi connectivity index (χ3n) is 4.58. The second-order valence-electron chi connectivity index (χ2n) is 5.64. The van der Waals surface area contributed by atoms with Gasteiger partial charge in [-0.25, -0.2) is 0 Å². The number of nitrogens with zero attached hydrogens (tertiary/aromatic N) is 2. The van der Waals surface area contributed by atoms with Gasteiger partial charge in [0, 0.05) is 6.54 Å². The number of fused-ring (bicyclic) bond motifs is 1. The van der Waals surface area contributed by atoms with Crippen molar-refractivity contribution in [1.29, 1.82) is 5.26 Å². The molecular weight excluding hydrogens is 252 g/mol. The van der Waals surface area contributed by atoms with E-state index >= 15 is 0 Å². The van der Waals surface area contributed by atoms with E-state index in [4.69, 9.17) is 4.74 Å². The van der Waals surface area contributed by atoms with Crippen molar-refractivity contribution in [2.24, 2.45) is 5.92 Å². The van der Waals surface area contributed by atoms with Gasteiger partial charge in [-0.05, 0) is 12.0 Å². The Morgan fingerprint density at radius 1 is 1.40 bits per heavy atom. The third-order valence-corrected chi connectivity index (χ3v) is 4.58. The largest absolute Gasteiger partial charge is 0.359 e. The molecule has 0 aromatic heterocycles. The Labute approximate surface area is 117 Å². The van der Waals surface area contributed by atoms with Crippen LogP contribution in [0.15, 0.2) is 42.5 Å². The van der Waals surface area contributed by atoms with Crippen LogP contribution in [-0.4, -0.2) is 28.6 Å². The van der Waals surface area contributed by atoms with Crippen molar-refractivity contribution in [3.05, 3.63) is 48.0 Å². The van der Waals surface area contributed by atoms with Crippen LogP contribution in [0.2, 0.25) is 0 Å². The quantitative estimate of drug-likeness (QED) is 0.765. The van der Waals surface area contributed by atoms with Gasteiger partial charge in [0.2, 0.25) is 5.91 Å². The highest BCUT2D eigenvalue weighted by molar-refractivity contribution is 5.86. The number of rotatable bonds is 2. The normalized spacial score (nSPS) is 37.2. The van der Waals surface area contributed by atoms with Crippen LogP contribution in [0.4, 0.5) is 0 Å². The first kappa shape index (κ1) is 11.7. The van der Waals surface area contributed by atoms with Crippen molar-refractivity contribution in [2.75, 3.05) is 0 Å². The van der Waals surface area contributed by atoms with Crippen molar-refractivity contribution < 1.29 is 9.53 Å². The predicted octanol–water partition coefficient (Wildman–Crippen LogP) is 1.63. The van der Waals surface area contributed by atoms with Crippen molar-refractivity contribution >= 4 is 5.91 Å². The minimum atomic E-state index is -0.703. The van der Waals surface area contributed by atoms with Gasteiger partial charge in [-0.2, -0.15) is 5.26 Å². The number of likely N-dealkylation sites (tertiary alicyclic amines) is 1. The maximum atomic E-state index is 12.6. The Balaban J connectivity index is 1.69. The van der Waals surface area contributed by atoms with Crippen LogP contribution in [0.1, 0.15) is 12.0 Å². The van der Waals surface area contributed by atoms with E-state index < -0.39 is 11.6 Å². The molecule has 100 valence electrons. The van der Waals surface area contributed by atoms with Gasteiger partial charge >= 0.3 is 0 Å². The van der Waals surface area contributed by atoms with Crippen LogP contribution in [0, 0.1) is 17.2 Å². The van der Waals surface area contributed by atoms with Crippen LogP contribution in [0.5, 0.6) is 0 Å². The van der Waals surface area contributed by atoms with Crippen LogP contribution >= 0.6 is 0 Å². The monoisotopic (exact) mass is 266 g/mol. The molecule has 3 aliphatic rings. The number of ether oxygens (including phenoxy) is 1. The summed E-state index contributed by atoms with van der Waals surface area (Å²) in [6.07, 6.45) is 4.64. The summed E-state index contributed by atoms with van der Waals surface area (Å²) in [5, 5.41) is 9.54. The molecule has 20 heavy (non-hydrogen) atoms. The van der Waals surface area contributed by atoms with Crippen molar-refractivity contribution in [3.63, 3.8) is 0 Å². The van der Waals surface area contributed by atoms with Gasteiger partial charge < -0.3 is 9.64 Å². The Morgan fingerprint density at radius 2 is 2.20 bits per heavy atom. The van der Waals surface area contributed by atoms with Gasteiger partial charge in [-0.1, -0.05) is 42.5 Å². The average Bonchev–Trinajstić information content (AvgIpc) is 3.11. The van der Waals surface area contributed by atoms with Gasteiger partial charge in [-0.3, -0.25) is 4.79 Å². The molecule has 1 amide bonds. The Hall–Kier alpha value is -2.12. The number of nitriles is 1. The maximum absolute atomic E-state index is 12.6. The second kappa shape index (κ2) is 3.94. The molecule has 1 spiro atoms. The summed E-state index contributed by atoms with van der Waals surface area (Å²) in [4.78, 5) is 14.3. The molecule has 2 bridgehead atoms. The molecule has 4 heteroatoms. The fourth-order valence-corrected chi connectivity index (χ4v) is 3.67. The molecule has 0 radical (unpaired) electrons. The van der Waals surface area contributed by atoms with Crippen molar-refractivity contribution in [3.8, 4) is 6.07 Å². The van der Waals surface area contributed by atoms with Crippen molar-refractivity contribution in [1.82, 2.24) is 4.90 Å². The van der Waals surface area contributed by atoms with E-state index in [1.54, 1.807) is 4.90 Å². The zero-order valence-corrected chi connectivity index (χ0v) is 10.9. The highest BCUT2D eigenvalue weighted by Gasteiger charge is 2.65. The standard InChI is InChI=1S/C16H14N2O2/c17-9-14-16-7-6-12(20-16)8-13(16)15(19)18(14)10-11-4-2-1-3-5-11/h1-7,12-14H,8,10H2/t12?,13-,14+,16?/m1/s1. The van der Waals surface area contributed by atoms with Gasteiger partial charge in [0.05, 0.1) is 18.1 Å². The second-order valence-corrected chi connectivity index (χ2v) is 5.64. The van der Waals surface area contributed by atoms with E-state index in [-0.39, 0.29) is 17.9 Å². The Morgan fingerprint density at radius 3 is 2.90 bits per heavy atom. The molecule has 4 rings (SSSR count). The minimum Gasteiger partial charge on any atom is -0.359 e. The van der Waals surface area contributed by atoms with E-state index in [1.165, 1.54) is 0 Å². The van der Waals surface area contributed by atoms with E-state index in [0.717, 1.165) is 5.56 Å². The lowest BCUT2D eigenvalue weighted by atomic mass is 9.82. The molecule has 2 unspecified atom stereocenters. The van der Waals surface area contributed by atoms with E-state index in [0.29, 0.717) is 13.0 Å². The van der Waals surface area contributed by atoms with Crippen LogP contribution in [-0.2, 0) is 16.1 Å². The molecule has 0 aliphatic carbocycles. The number of carbonyl (C=O) groups excluding carboxylic acids is 1. The Kier molecular flexibility index (Phi) is 2.30. The molecular formula is C16H14N2O2. The van der Waals surface area contributed by atoms with Crippen molar-refractivity contribution in [2.45, 2.75) is 30.7 Å². The molecule has 1 aromatic rings. The summed E-state index contributed by atoms with van der Waals surface area (Å²) in [6, 6.07) is 11.5. The summed E-state index contributed by atoms with van der Waals surface area (Å²) < 4.78 is 5.93. The summed E-state index contributed by atoms with van der Waals surface area (Å²) in [5.41, 5.74) is 0.335. The fraction of sp³-hybridized carbons (Fsp3) is 0.375. The topological polar surface area (TPSA) is 53.3 Å². The maximum Gasteiger partial charge on any atom is 0.230 e.